The van der Waals surface area contributed by atoms with Gasteiger partial charge in [0, 0.05) is 24.7 Å². The molecule has 2 bridgehead atoms. The van der Waals surface area contributed by atoms with Crippen LogP contribution in [0, 0.1) is 0 Å². The Morgan fingerprint density at radius 3 is 2.42 bits per heavy atom. The monoisotopic (exact) mass is 350 g/mol. The first kappa shape index (κ1) is 17.6. The van der Waals surface area contributed by atoms with Crippen LogP contribution < -0.4 is 5.73 Å². The molecule has 138 valence electrons. The van der Waals surface area contributed by atoms with E-state index in [0.717, 1.165) is 19.4 Å². The Morgan fingerprint density at radius 1 is 1.00 bits per heavy atom. The van der Waals surface area contributed by atoms with Crippen molar-refractivity contribution in [2.45, 2.75) is 62.6 Å². The van der Waals surface area contributed by atoms with E-state index in [1.807, 2.05) is 12.1 Å². The fourth-order valence-electron chi connectivity index (χ4n) is 4.98. The molecule has 0 aromatic heterocycles. The lowest BCUT2D eigenvalue weighted by molar-refractivity contribution is 0.117. The first-order chi connectivity index (χ1) is 12.7. The molecule has 2 aliphatic rings. The molecular formula is C23H30N2O. The van der Waals surface area contributed by atoms with E-state index in [1.165, 1.54) is 36.8 Å². The van der Waals surface area contributed by atoms with Crippen LogP contribution in [0.25, 0.3) is 0 Å². The molecule has 2 unspecified atom stereocenters. The highest BCUT2D eigenvalue weighted by atomic mass is 16.3. The number of nitrogens with zero attached hydrogens (tertiary/aromatic N) is 1. The summed E-state index contributed by atoms with van der Waals surface area (Å²) in [7, 11) is 0. The first-order valence-electron chi connectivity index (χ1n) is 10.0. The maximum absolute atomic E-state index is 9.79. The third-order valence-corrected chi connectivity index (χ3v) is 6.32. The van der Waals surface area contributed by atoms with Crippen LogP contribution in [0.3, 0.4) is 0 Å². The molecule has 0 aliphatic carbocycles. The molecule has 3 nitrogen and oxygen atoms in total. The molecule has 2 aromatic rings. The van der Waals surface area contributed by atoms with Crippen molar-refractivity contribution < 1.29 is 5.11 Å². The van der Waals surface area contributed by atoms with E-state index in [2.05, 4.69) is 41.3 Å². The molecule has 2 fully saturated rings. The topological polar surface area (TPSA) is 49.5 Å². The zero-order valence-electron chi connectivity index (χ0n) is 15.4. The molecule has 3 N–H and O–H groups in total. The van der Waals surface area contributed by atoms with E-state index in [0.29, 0.717) is 23.8 Å². The predicted octanol–water partition coefficient (Wildman–Crippen LogP) is 4.06. The van der Waals surface area contributed by atoms with Crippen molar-refractivity contribution in [3.8, 4) is 5.75 Å². The lowest BCUT2D eigenvalue weighted by Gasteiger charge is -2.40. The first-order valence-corrected chi connectivity index (χ1v) is 10.0. The standard InChI is InChI=1S/C23H30N2O/c24-20(10-9-17-5-2-1-3-6-17)16-25-21-11-12-22(25)14-19(13-21)18-7-4-8-23(26)15-18/h1-8,15,19-22,26H,9-14,16,24H2/t19?,20?,21-,22+. The minimum atomic E-state index is 0.246. The third-order valence-electron chi connectivity index (χ3n) is 6.32. The Balaban J connectivity index is 1.33. The summed E-state index contributed by atoms with van der Waals surface area (Å²) in [6.45, 7) is 1.02. The van der Waals surface area contributed by atoms with Gasteiger partial charge in [-0.2, -0.15) is 0 Å². The summed E-state index contributed by atoms with van der Waals surface area (Å²) in [6, 6.07) is 20.1. The number of aryl methyl sites for hydroxylation is 1. The smallest absolute Gasteiger partial charge is 0.115 e. The number of piperidine rings is 1. The number of phenolic OH excluding ortho intramolecular Hbond substituents is 1. The van der Waals surface area contributed by atoms with Gasteiger partial charge < -0.3 is 10.8 Å². The second-order valence-electron chi connectivity index (χ2n) is 8.13. The summed E-state index contributed by atoms with van der Waals surface area (Å²) in [5, 5.41) is 9.79. The zero-order chi connectivity index (χ0) is 17.9. The van der Waals surface area contributed by atoms with Crippen molar-refractivity contribution in [3.63, 3.8) is 0 Å². The summed E-state index contributed by atoms with van der Waals surface area (Å²) < 4.78 is 0. The minimum absolute atomic E-state index is 0.246. The Bertz CT molecular complexity index is 703. The summed E-state index contributed by atoms with van der Waals surface area (Å²) in [6.07, 6.45) is 7.11. The number of aromatic hydroxyl groups is 1. The third kappa shape index (κ3) is 3.94. The molecule has 4 rings (SSSR count). The largest absolute Gasteiger partial charge is 0.508 e. The van der Waals surface area contributed by atoms with Crippen LogP contribution in [0.15, 0.2) is 54.6 Å². The van der Waals surface area contributed by atoms with Crippen molar-refractivity contribution in [2.75, 3.05) is 6.54 Å². The Hall–Kier alpha value is -1.84. The average Bonchev–Trinajstić information content (AvgIpc) is 2.89. The number of hydrogen-bond donors (Lipinski definition) is 2. The second kappa shape index (κ2) is 7.81. The van der Waals surface area contributed by atoms with E-state index in [4.69, 9.17) is 5.73 Å². The van der Waals surface area contributed by atoms with Crippen molar-refractivity contribution >= 4 is 0 Å². The number of hydrogen-bond acceptors (Lipinski definition) is 3. The molecule has 0 saturated carbocycles. The van der Waals surface area contributed by atoms with Crippen LogP contribution in [-0.2, 0) is 6.42 Å². The fraction of sp³-hybridized carbons (Fsp3) is 0.478. The van der Waals surface area contributed by atoms with Gasteiger partial charge in [-0.15, -0.1) is 0 Å². The Morgan fingerprint density at radius 2 is 1.73 bits per heavy atom. The summed E-state index contributed by atoms with van der Waals surface area (Å²) in [5.74, 6) is 0.969. The van der Waals surface area contributed by atoms with Crippen LogP contribution in [0.5, 0.6) is 5.75 Å². The van der Waals surface area contributed by atoms with Gasteiger partial charge in [-0.25, -0.2) is 0 Å². The van der Waals surface area contributed by atoms with Gasteiger partial charge in [-0.3, -0.25) is 4.90 Å². The normalized spacial score (nSPS) is 26.7. The fourth-order valence-corrected chi connectivity index (χ4v) is 4.98. The summed E-state index contributed by atoms with van der Waals surface area (Å²) in [4.78, 5) is 2.69. The van der Waals surface area contributed by atoms with Crippen molar-refractivity contribution in [3.05, 3.63) is 65.7 Å². The van der Waals surface area contributed by atoms with E-state index >= 15 is 0 Å². The molecule has 0 spiro atoms. The lowest BCUT2D eigenvalue weighted by atomic mass is 9.84. The molecule has 3 heteroatoms. The lowest BCUT2D eigenvalue weighted by Crippen LogP contribution is -2.48. The highest BCUT2D eigenvalue weighted by molar-refractivity contribution is 5.30. The number of rotatable bonds is 6. The molecule has 26 heavy (non-hydrogen) atoms. The SMILES string of the molecule is NC(CCc1ccccc1)CN1[C@@H]2CC[C@H]1CC(c1cccc(O)c1)C2. The van der Waals surface area contributed by atoms with Crippen molar-refractivity contribution in [1.29, 1.82) is 0 Å². The minimum Gasteiger partial charge on any atom is -0.508 e. The van der Waals surface area contributed by atoms with Crippen LogP contribution in [0.2, 0.25) is 0 Å². The quantitative estimate of drug-likeness (QED) is 0.826. The zero-order valence-corrected chi connectivity index (χ0v) is 15.4. The molecular weight excluding hydrogens is 320 g/mol. The Labute approximate surface area is 156 Å². The second-order valence-corrected chi connectivity index (χ2v) is 8.13. The van der Waals surface area contributed by atoms with Crippen LogP contribution >= 0.6 is 0 Å². The Kier molecular flexibility index (Phi) is 5.28. The van der Waals surface area contributed by atoms with Crippen LogP contribution in [-0.4, -0.2) is 34.7 Å². The summed E-state index contributed by atoms with van der Waals surface area (Å²) >= 11 is 0. The highest BCUT2D eigenvalue weighted by Gasteiger charge is 2.41. The number of fused-ring (bicyclic) bond motifs is 2. The van der Waals surface area contributed by atoms with E-state index in [1.54, 1.807) is 6.07 Å². The molecule has 0 radical (unpaired) electrons. The predicted molar refractivity (Wildman–Crippen MR) is 106 cm³/mol. The van der Waals surface area contributed by atoms with Gasteiger partial charge in [-0.1, -0.05) is 42.5 Å². The van der Waals surface area contributed by atoms with Gasteiger partial charge in [0.15, 0.2) is 0 Å². The van der Waals surface area contributed by atoms with Crippen molar-refractivity contribution in [2.24, 2.45) is 5.73 Å². The van der Waals surface area contributed by atoms with Gasteiger partial charge >= 0.3 is 0 Å². The van der Waals surface area contributed by atoms with Gasteiger partial charge in [0.05, 0.1) is 0 Å². The average molecular weight is 351 g/mol. The number of phenols is 1. The maximum atomic E-state index is 9.79. The highest BCUT2D eigenvalue weighted by Crippen LogP contribution is 2.43. The van der Waals surface area contributed by atoms with E-state index in [-0.39, 0.29) is 6.04 Å². The van der Waals surface area contributed by atoms with Gasteiger partial charge in [0.1, 0.15) is 5.75 Å². The molecule has 0 amide bonds. The molecule has 2 saturated heterocycles. The van der Waals surface area contributed by atoms with Crippen molar-refractivity contribution in [1.82, 2.24) is 4.90 Å². The molecule has 4 atom stereocenters. The van der Waals surface area contributed by atoms with Gasteiger partial charge in [-0.05, 0) is 67.7 Å². The van der Waals surface area contributed by atoms with Crippen LogP contribution in [0.4, 0.5) is 0 Å². The molecule has 2 heterocycles. The van der Waals surface area contributed by atoms with Crippen LogP contribution in [0.1, 0.15) is 49.1 Å². The molecule has 2 aromatic carbocycles. The van der Waals surface area contributed by atoms with E-state index in [9.17, 15) is 5.11 Å². The van der Waals surface area contributed by atoms with Gasteiger partial charge in [0.25, 0.3) is 0 Å². The number of nitrogens with two attached hydrogens (primary N) is 1. The number of benzene rings is 2. The summed E-state index contributed by atoms with van der Waals surface area (Å²) in [5.41, 5.74) is 9.18. The maximum Gasteiger partial charge on any atom is 0.115 e. The van der Waals surface area contributed by atoms with E-state index < -0.39 is 0 Å². The van der Waals surface area contributed by atoms with Gasteiger partial charge in [0.2, 0.25) is 0 Å². The molecule has 2 aliphatic heterocycles.